The normalized spacial score (nSPS) is 11.6. The average molecular weight is 348 g/mol. The molecule has 0 saturated carbocycles. The van der Waals surface area contributed by atoms with Gasteiger partial charge in [0.15, 0.2) is 5.15 Å². The summed E-state index contributed by atoms with van der Waals surface area (Å²) in [5, 5.41) is 5.50. The topological polar surface area (TPSA) is 78.0 Å². The summed E-state index contributed by atoms with van der Waals surface area (Å²) in [7, 11) is -3.71. The van der Waals surface area contributed by atoms with Crippen LogP contribution in [0.15, 0.2) is 59.8 Å². The van der Waals surface area contributed by atoms with E-state index in [9.17, 15) is 8.42 Å². The molecule has 2 aromatic carbocycles. The van der Waals surface area contributed by atoms with Crippen LogP contribution in [0.5, 0.6) is 0 Å². The zero-order valence-corrected chi connectivity index (χ0v) is 13.8. The summed E-state index contributed by atoms with van der Waals surface area (Å²) in [6.45, 7) is 2.01. The summed E-state index contributed by atoms with van der Waals surface area (Å²) in [6.07, 6.45) is 1.60. The monoisotopic (exact) mass is 347 g/mol. The molecule has 3 rings (SSSR count). The van der Waals surface area contributed by atoms with Gasteiger partial charge in [-0.3, -0.25) is 4.57 Å². The Balaban J connectivity index is 2.10. The molecule has 0 bridgehead atoms. The van der Waals surface area contributed by atoms with Gasteiger partial charge in [0.05, 0.1) is 10.6 Å². The van der Waals surface area contributed by atoms with E-state index in [0.29, 0.717) is 5.15 Å². The number of benzene rings is 2. The Morgan fingerprint density at radius 1 is 1.04 bits per heavy atom. The number of sulfonamides is 1. The second kappa shape index (κ2) is 5.81. The molecule has 7 heteroatoms. The van der Waals surface area contributed by atoms with Crippen molar-refractivity contribution in [1.82, 2.24) is 9.55 Å². The van der Waals surface area contributed by atoms with Crippen molar-refractivity contribution < 1.29 is 8.42 Å². The van der Waals surface area contributed by atoms with E-state index in [1.165, 1.54) is 12.1 Å². The zero-order valence-electron chi connectivity index (χ0n) is 12.3. The molecule has 0 aliphatic carbocycles. The minimum Gasteiger partial charge on any atom is -0.297 e. The second-order valence-corrected chi connectivity index (χ2v) is 7.08. The summed E-state index contributed by atoms with van der Waals surface area (Å²) in [6, 6.07) is 14.2. The van der Waals surface area contributed by atoms with Crippen molar-refractivity contribution in [2.24, 2.45) is 5.14 Å². The molecule has 2 N–H and O–H groups in total. The lowest BCUT2D eigenvalue weighted by Crippen LogP contribution is -2.12. The molecule has 3 aromatic rings. The summed E-state index contributed by atoms with van der Waals surface area (Å²) in [5.41, 5.74) is 3.56. The van der Waals surface area contributed by atoms with E-state index in [0.717, 1.165) is 22.5 Å². The summed E-state index contributed by atoms with van der Waals surface area (Å²) < 4.78 is 24.5. The van der Waals surface area contributed by atoms with Crippen LogP contribution in [0.2, 0.25) is 5.15 Å². The first kappa shape index (κ1) is 15.7. The van der Waals surface area contributed by atoms with Crippen molar-refractivity contribution in [2.45, 2.75) is 11.8 Å². The van der Waals surface area contributed by atoms with Crippen molar-refractivity contribution in [3.8, 4) is 16.9 Å². The fourth-order valence-electron chi connectivity index (χ4n) is 2.29. The minimum atomic E-state index is -3.71. The Bertz CT molecular complexity index is 946. The maximum atomic E-state index is 11.3. The highest BCUT2D eigenvalue weighted by atomic mass is 35.5. The number of aryl methyl sites for hydroxylation is 1. The van der Waals surface area contributed by atoms with E-state index in [4.69, 9.17) is 16.7 Å². The number of nitrogens with zero attached hydrogens (tertiary/aromatic N) is 2. The van der Waals surface area contributed by atoms with Gasteiger partial charge < -0.3 is 0 Å². The van der Waals surface area contributed by atoms with Crippen LogP contribution in [0.3, 0.4) is 0 Å². The maximum absolute atomic E-state index is 11.3. The van der Waals surface area contributed by atoms with Crippen LogP contribution in [0.4, 0.5) is 0 Å². The first-order chi connectivity index (χ1) is 10.9. The molecule has 0 amide bonds. The summed E-state index contributed by atoms with van der Waals surface area (Å²) in [4.78, 5) is 4.21. The van der Waals surface area contributed by atoms with Gasteiger partial charge in [-0.15, -0.1) is 0 Å². The molecule has 0 saturated heterocycles. The molecule has 23 heavy (non-hydrogen) atoms. The number of hydrogen-bond acceptors (Lipinski definition) is 3. The minimum absolute atomic E-state index is 0.0596. The van der Waals surface area contributed by atoms with Gasteiger partial charge in [-0.05, 0) is 31.2 Å². The number of hydrogen-bond donors (Lipinski definition) is 1. The van der Waals surface area contributed by atoms with Crippen molar-refractivity contribution in [2.75, 3.05) is 0 Å². The molecule has 1 heterocycles. The fraction of sp³-hybridized carbons (Fsp3) is 0.0625. The summed E-state index contributed by atoms with van der Waals surface area (Å²) in [5.74, 6) is 0. The Morgan fingerprint density at radius 3 is 2.22 bits per heavy atom. The molecule has 1 aromatic heterocycles. The van der Waals surface area contributed by atoms with Crippen LogP contribution in [0, 0.1) is 6.92 Å². The van der Waals surface area contributed by atoms with Crippen molar-refractivity contribution in [3.63, 3.8) is 0 Å². The van der Waals surface area contributed by atoms with Gasteiger partial charge in [0, 0.05) is 11.3 Å². The van der Waals surface area contributed by atoms with Gasteiger partial charge in [-0.25, -0.2) is 18.5 Å². The predicted octanol–water partition coefficient (Wildman–Crippen LogP) is 3.15. The van der Waals surface area contributed by atoms with Gasteiger partial charge in [-0.2, -0.15) is 0 Å². The van der Waals surface area contributed by atoms with Crippen LogP contribution in [-0.2, 0) is 10.0 Å². The Morgan fingerprint density at radius 2 is 1.65 bits per heavy atom. The first-order valence-electron chi connectivity index (χ1n) is 6.79. The van der Waals surface area contributed by atoms with Crippen LogP contribution < -0.4 is 5.14 Å². The molecular formula is C16H14ClN3O2S. The van der Waals surface area contributed by atoms with Crippen LogP contribution in [0.25, 0.3) is 16.9 Å². The van der Waals surface area contributed by atoms with E-state index in [1.807, 2.05) is 31.2 Å². The van der Waals surface area contributed by atoms with E-state index in [-0.39, 0.29) is 4.90 Å². The molecule has 0 fully saturated rings. The van der Waals surface area contributed by atoms with E-state index < -0.39 is 10.0 Å². The average Bonchev–Trinajstić information content (AvgIpc) is 2.89. The van der Waals surface area contributed by atoms with Crippen molar-refractivity contribution in [1.29, 1.82) is 0 Å². The number of rotatable bonds is 3. The second-order valence-electron chi connectivity index (χ2n) is 5.16. The Labute approximate surface area is 139 Å². The van der Waals surface area contributed by atoms with Crippen LogP contribution in [-0.4, -0.2) is 18.0 Å². The first-order valence-corrected chi connectivity index (χ1v) is 8.72. The molecule has 0 spiro atoms. The summed E-state index contributed by atoms with van der Waals surface area (Å²) >= 11 is 6.23. The number of imidazole rings is 1. The smallest absolute Gasteiger partial charge is 0.238 e. The number of halogens is 1. The Kier molecular flexibility index (Phi) is 3.97. The molecule has 0 unspecified atom stereocenters. The molecule has 0 radical (unpaired) electrons. The van der Waals surface area contributed by atoms with E-state index in [1.54, 1.807) is 23.0 Å². The molecule has 0 aliphatic rings. The SMILES string of the molecule is Cc1ccc(-c2c(Cl)ncn2-c2ccc(S(N)(=O)=O)cc2)cc1. The van der Waals surface area contributed by atoms with Crippen molar-refractivity contribution in [3.05, 3.63) is 65.6 Å². The van der Waals surface area contributed by atoms with Crippen LogP contribution >= 0.6 is 11.6 Å². The number of aromatic nitrogens is 2. The molecule has 5 nitrogen and oxygen atoms in total. The highest BCUT2D eigenvalue weighted by molar-refractivity contribution is 7.89. The molecule has 0 aliphatic heterocycles. The lowest BCUT2D eigenvalue weighted by molar-refractivity contribution is 0.598. The maximum Gasteiger partial charge on any atom is 0.238 e. The predicted molar refractivity (Wildman–Crippen MR) is 90.1 cm³/mol. The fourth-order valence-corrected chi connectivity index (χ4v) is 3.05. The van der Waals surface area contributed by atoms with Crippen LogP contribution in [0.1, 0.15) is 5.56 Å². The third-order valence-electron chi connectivity index (χ3n) is 3.49. The lowest BCUT2D eigenvalue weighted by Gasteiger charge is -2.10. The Hall–Kier alpha value is -2.15. The molecule has 0 atom stereocenters. The van der Waals surface area contributed by atoms with E-state index >= 15 is 0 Å². The van der Waals surface area contributed by atoms with Gasteiger partial charge in [0.2, 0.25) is 10.0 Å². The molecule has 118 valence electrons. The quantitative estimate of drug-likeness (QED) is 0.790. The third kappa shape index (κ3) is 3.14. The third-order valence-corrected chi connectivity index (χ3v) is 4.70. The van der Waals surface area contributed by atoms with Gasteiger partial charge >= 0.3 is 0 Å². The highest BCUT2D eigenvalue weighted by Gasteiger charge is 2.14. The van der Waals surface area contributed by atoms with Gasteiger partial charge in [0.25, 0.3) is 0 Å². The highest BCUT2D eigenvalue weighted by Crippen LogP contribution is 2.30. The van der Waals surface area contributed by atoms with E-state index in [2.05, 4.69) is 4.98 Å². The zero-order chi connectivity index (χ0) is 16.6. The number of nitrogens with two attached hydrogens (primary N) is 1. The van der Waals surface area contributed by atoms with Gasteiger partial charge in [0.1, 0.15) is 6.33 Å². The number of primary sulfonamides is 1. The standard InChI is InChI=1S/C16H14ClN3O2S/c1-11-2-4-12(5-3-11)15-16(17)19-10-20(15)13-6-8-14(9-7-13)23(18,21)22/h2-10H,1H3,(H2,18,21,22). The molecular weight excluding hydrogens is 334 g/mol. The van der Waals surface area contributed by atoms with Crippen molar-refractivity contribution >= 4 is 21.6 Å². The largest absolute Gasteiger partial charge is 0.297 e. The van der Waals surface area contributed by atoms with Gasteiger partial charge in [-0.1, -0.05) is 41.4 Å². The lowest BCUT2D eigenvalue weighted by atomic mass is 10.1.